The van der Waals surface area contributed by atoms with Crippen LogP contribution in [0.1, 0.15) is 15.9 Å². The molecule has 4 rings (SSSR count). The number of pyridine rings is 1. The van der Waals surface area contributed by atoms with E-state index in [1.165, 1.54) is 13.3 Å². The monoisotopic (exact) mass is 384 g/mol. The number of hydrogen-bond acceptors (Lipinski definition) is 4. The van der Waals surface area contributed by atoms with Crippen molar-refractivity contribution in [2.75, 3.05) is 7.11 Å². The van der Waals surface area contributed by atoms with E-state index in [0.29, 0.717) is 18.0 Å². The fourth-order valence-electron chi connectivity index (χ4n) is 3.00. The van der Waals surface area contributed by atoms with E-state index in [-0.39, 0.29) is 5.91 Å². The minimum absolute atomic E-state index is 0.202. The Balaban J connectivity index is 1.60. The number of rotatable bonds is 6. The molecule has 0 atom stereocenters. The standard InChI is InChI=1S/C23H20N4O2/c1-29-21-13-12-18(14-24-21)23(28)25-15-19-16-27(20-10-6-3-7-11-20)26-22(19)17-8-4-2-5-9-17/h2-14,16H,15H2,1H3,(H,25,28). The number of amides is 1. The molecule has 0 aliphatic heterocycles. The van der Waals surface area contributed by atoms with E-state index < -0.39 is 0 Å². The van der Waals surface area contributed by atoms with Crippen LogP contribution in [0.4, 0.5) is 0 Å². The van der Waals surface area contributed by atoms with Crippen LogP contribution in [0.2, 0.25) is 0 Å². The molecule has 4 aromatic rings. The van der Waals surface area contributed by atoms with Crippen molar-refractivity contribution >= 4 is 5.91 Å². The van der Waals surface area contributed by atoms with Crippen molar-refractivity contribution in [2.24, 2.45) is 0 Å². The van der Waals surface area contributed by atoms with E-state index in [9.17, 15) is 4.79 Å². The number of carbonyl (C=O) groups excluding carboxylic acids is 1. The van der Waals surface area contributed by atoms with Crippen LogP contribution in [0, 0.1) is 0 Å². The fourth-order valence-corrected chi connectivity index (χ4v) is 3.00. The van der Waals surface area contributed by atoms with Gasteiger partial charge >= 0.3 is 0 Å². The zero-order valence-corrected chi connectivity index (χ0v) is 15.9. The highest BCUT2D eigenvalue weighted by atomic mass is 16.5. The van der Waals surface area contributed by atoms with Crippen LogP contribution >= 0.6 is 0 Å². The summed E-state index contributed by atoms with van der Waals surface area (Å²) in [4.78, 5) is 16.6. The molecule has 29 heavy (non-hydrogen) atoms. The summed E-state index contributed by atoms with van der Waals surface area (Å²) >= 11 is 0. The minimum atomic E-state index is -0.202. The highest BCUT2D eigenvalue weighted by Crippen LogP contribution is 2.23. The molecular weight excluding hydrogens is 364 g/mol. The van der Waals surface area contributed by atoms with E-state index in [0.717, 1.165) is 22.5 Å². The number of aromatic nitrogens is 3. The normalized spacial score (nSPS) is 10.5. The van der Waals surface area contributed by atoms with Crippen molar-refractivity contribution in [3.63, 3.8) is 0 Å². The zero-order chi connectivity index (χ0) is 20.1. The minimum Gasteiger partial charge on any atom is -0.481 e. The highest BCUT2D eigenvalue weighted by Gasteiger charge is 2.14. The third-order valence-corrected chi connectivity index (χ3v) is 4.51. The van der Waals surface area contributed by atoms with Gasteiger partial charge in [-0.15, -0.1) is 0 Å². The number of para-hydroxylation sites is 1. The fraction of sp³-hybridized carbons (Fsp3) is 0.0870. The van der Waals surface area contributed by atoms with Crippen molar-refractivity contribution in [2.45, 2.75) is 6.54 Å². The Morgan fingerprint density at radius 1 is 1.00 bits per heavy atom. The Bertz CT molecular complexity index is 1090. The summed E-state index contributed by atoms with van der Waals surface area (Å²) in [5.74, 6) is 0.267. The molecule has 0 aliphatic rings. The summed E-state index contributed by atoms with van der Waals surface area (Å²) in [5.41, 5.74) is 4.19. The first-order chi connectivity index (χ1) is 14.2. The highest BCUT2D eigenvalue weighted by molar-refractivity contribution is 5.93. The molecule has 6 heteroatoms. The Kier molecular flexibility index (Phi) is 5.33. The SMILES string of the molecule is COc1ccc(C(=O)NCc2cn(-c3ccccc3)nc2-c2ccccc2)cn1. The smallest absolute Gasteiger partial charge is 0.253 e. The first-order valence-corrected chi connectivity index (χ1v) is 9.22. The quantitative estimate of drug-likeness (QED) is 0.548. The average molecular weight is 384 g/mol. The van der Waals surface area contributed by atoms with Gasteiger partial charge in [0, 0.05) is 36.1 Å². The summed E-state index contributed by atoms with van der Waals surface area (Å²) in [5, 5.41) is 7.72. The number of hydrogen-bond donors (Lipinski definition) is 1. The van der Waals surface area contributed by atoms with Gasteiger partial charge in [-0.1, -0.05) is 48.5 Å². The molecule has 2 aromatic heterocycles. The summed E-state index contributed by atoms with van der Waals surface area (Å²) < 4.78 is 6.87. The maximum absolute atomic E-state index is 12.5. The molecule has 1 amide bonds. The second-order valence-corrected chi connectivity index (χ2v) is 6.42. The molecule has 0 unspecified atom stereocenters. The molecule has 144 valence electrons. The van der Waals surface area contributed by atoms with Crippen LogP contribution in [0.15, 0.2) is 85.2 Å². The molecule has 0 radical (unpaired) electrons. The number of methoxy groups -OCH3 is 1. The van der Waals surface area contributed by atoms with E-state index in [4.69, 9.17) is 9.84 Å². The second kappa shape index (κ2) is 8.39. The molecule has 6 nitrogen and oxygen atoms in total. The van der Waals surface area contributed by atoms with Gasteiger partial charge in [0.2, 0.25) is 5.88 Å². The maximum Gasteiger partial charge on any atom is 0.253 e. The van der Waals surface area contributed by atoms with Crippen LogP contribution in [0.3, 0.4) is 0 Å². The predicted octanol–water partition coefficient (Wildman–Crippen LogP) is 3.87. The molecule has 1 N–H and O–H groups in total. The van der Waals surface area contributed by atoms with Gasteiger partial charge in [-0.2, -0.15) is 5.10 Å². The van der Waals surface area contributed by atoms with Crippen molar-refractivity contribution in [3.8, 4) is 22.8 Å². The van der Waals surface area contributed by atoms with Gasteiger partial charge in [0.15, 0.2) is 0 Å². The summed E-state index contributed by atoms with van der Waals surface area (Å²) in [6, 6.07) is 23.2. The van der Waals surface area contributed by atoms with Crippen LogP contribution in [-0.4, -0.2) is 27.8 Å². The van der Waals surface area contributed by atoms with Crippen molar-refractivity contribution in [3.05, 3.63) is 96.3 Å². The number of nitrogens with one attached hydrogen (secondary N) is 1. The molecule has 0 bridgehead atoms. The van der Waals surface area contributed by atoms with Crippen molar-refractivity contribution < 1.29 is 9.53 Å². The molecule has 0 saturated heterocycles. The van der Waals surface area contributed by atoms with Crippen LogP contribution in [-0.2, 0) is 6.54 Å². The molecule has 0 spiro atoms. The first-order valence-electron chi connectivity index (χ1n) is 9.22. The lowest BCUT2D eigenvalue weighted by Crippen LogP contribution is -2.23. The molecule has 2 aromatic carbocycles. The third-order valence-electron chi connectivity index (χ3n) is 4.51. The molecule has 2 heterocycles. The average Bonchev–Trinajstić information content (AvgIpc) is 3.23. The number of benzene rings is 2. The summed E-state index contributed by atoms with van der Waals surface area (Å²) in [6.07, 6.45) is 3.45. The first kappa shape index (κ1) is 18.4. The lowest BCUT2D eigenvalue weighted by atomic mass is 10.1. The van der Waals surface area contributed by atoms with Gasteiger partial charge in [0.1, 0.15) is 0 Å². The van der Waals surface area contributed by atoms with Crippen LogP contribution < -0.4 is 10.1 Å². The molecule has 0 fully saturated rings. The van der Waals surface area contributed by atoms with E-state index in [1.807, 2.05) is 71.5 Å². The molecule has 0 saturated carbocycles. The Labute approximate surface area is 168 Å². The predicted molar refractivity (Wildman–Crippen MR) is 111 cm³/mol. The van der Waals surface area contributed by atoms with Gasteiger partial charge < -0.3 is 10.1 Å². The largest absolute Gasteiger partial charge is 0.481 e. The van der Waals surface area contributed by atoms with E-state index >= 15 is 0 Å². The topological polar surface area (TPSA) is 69.0 Å². The molecular formula is C23H20N4O2. The zero-order valence-electron chi connectivity index (χ0n) is 15.9. The van der Waals surface area contributed by atoms with Crippen molar-refractivity contribution in [1.82, 2.24) is 20.1 Å². The number of ether oxygens (including phenoxy) is 1. The van der Waals surface area contributed by atoms with Gasteiger partial charge in [0.05, 0.1) is 24.1 Å². The number of carbonyl (C=O) groups is 1. The van der Waals surface area contributed by atoms with Crippen LogP contribution in [0.5, 0.6) is 5.88 Å². The Morgan fingerprint density at radius 3 is 2.38 bits per heavy atom. The second-order valence-electron chi connectivity index (χ2n) is 6.42. The Morgan fingerprint density at radius 2 is 1.72 bits per heavy atom. The summed E-state index contributed by atoms with van der Waals surface area (Å²) in [6.45, 7) is 0.349. The van der Waals surface area contributed by atoms with E-state index in [2.05, 4.69) is 10.3 Å². The van der Waals surface area contributed by atoms with Gasteiger partial charge in [0.25, 0.3) is 5.91 Å². The maximum atomic E-state index is 12.5. The summed E-state index contributed by atoms with van der Waals surface area (Å²) in [7, 11) is 1.54. The van der Waals surface area contributed by atoms with Gasteiger partial charge in [-0.3, -0.25) is 4.79 Å². The van der Waals surface area contributed by atoms with Crippen LogP contribution in [0.25, 0.3) is 16.9 Å². The molecule has 0 aliphatic carbocycles. The van der Waals surface area contributed by atoms with Crippen molar-refractivity contribution in [1.29, 1.82) is 0 Å². The Hall–Kier alpha value is -3.93. The van der Waals surface area contributed by atoms with Gasteiger partial charge in [-0.05, 0) is 18.2 Å². The lowest BCUT2D eigenvalue weighted by Gasteiger charge is -2.06. The van der Waals surface area contributed by atoms with Gasteiger partial charge in [-0.25, -0.2) is 9.67 Å². The lowest BCUT2D eigenvalue weighted by molar-refractivity contribution is 0.0950. The van der Waals surface area contributed by atoms with E-state index in [1.54, 1.807) is 12.1 Å². The number of nitrogens with zero attached hydrogens (tertiary/aromatic N) is 3. The third kappa shape index (κ3) is 4.16.